The Labute approximate surface area is 156 Å². The highest BCUT2D eigenvalue weighted by atomic mass is 35.5. The summed E-state index contributed by atoms with van der Waals surface area (Å²) < 4.78 is 10.9. The molecule has 1 fully saturated rings. The van der Waals surface area contributed by atoms with E-state index >= 15 is 0 Å². The van der Waals surface area contributed by atoms with Gasteiger partial charge >= 0.3 is 0 Å². The SMILES string of the molecule is O=C(COc1ccccc1Cl)NC[C@H](c1cccs1)N1CCOCC1. The molecule has 0 saturated carbocycles. The van der Waals surface area contributed by atoms with Crippen LogP contribution in [0.1, 0.15) is 10.9 Å². The third-order valence-electron chi connectivity index (χ3n) is 4.05. The van der Waals surface area contributed by atoms with Crippen LogP contribution in [0.25, 0.3) is 0 Å². The smallest absolute Gasteiger partial charge is 0.258 e. The predicted molar refractivity (Wildman–Crippen MR) is 99.4 cm³/mol. The van der Waals surface area contributed by atoms with Crippen LogP contribution >= 0.6 is 22.9 Å². The summed E-state index contributed by atoms with van der Waals surface area (Å²) in [5.74, 6) is 0.358. The highest BCUT2D eigenvalue weighted by molar-refractivity contribution is 7.10. The zero-order valence-electron chi connectivity index (χ0n) is 13.8. The molecule has 1 aromatic heterocycles. The second-order valence-corrected chi connectivity index (χ2v) is 7.09. The minimum Gasteiger partial charge on any atom is -0.482 e. The molecule has 7 heteroatoms. The Hall–Kier alpha value is -1.60. The zero-order chi connectivity index (χ0) is 17.5. The van der Waals surface area contributed by atoms with Crippen LogP contribution in [0.5, 0.6) is 5.75 Å². The molecule has 134 valence electrons. The van der Waals surface area contributed by atoms with Crippen LogP contribution in [0.15, 0.2) is 41.8 Å². The fourth-order valence-electron chi connectivity index (χ4n) is 2.75. The number of rotatable bonds is 7. The van der Waals surface area contributed by atoms with Gasteiger partial charge in [-0.05, 0) is 23.6 Å². The van der Waals surface area contributed by atoms with Crippen LogP contribution < -0.4 is 10.1 Å². The molecule has 0 spiro atoms. The van der Waals surface area contributed by atoms with E-state index in [4.69, 9.17) is 21.1 Å². The number of carbonyl (C=O) groups is 1. The number of benzene rings is 1. The molecule has 1 saturated heterocycles. The summed E-state index contributed by atoms with van der Waals surface area (Å²) in [6.07, 6.45) is 0. The predicted octanol–water partition coefficient (Wildman–Crippen LogP) is 2.97. The van der Waals surface area contributed by atoms with E-state index in [0.29, 0.717) is 17.3 Å². The number of carbonyl (C=O) groups excluding carboxylic acids is 1. The van der Waals surface area contributed by atoms with Gasteiger partial charge in [-0.2, -0.15) is 0 Å². The van der Waals surface area contributed by atoms with E-state index in [1.807, 2.05) is 18.2 Å². The quantitative estimate of drug-likeness (QED) is 0.802. The number of halogens is 1. The second kappa shape index (κ2) is 9.20. The first kappa shape index (κ1) is 18.2. The molecule has 2 aromatic rings. The van der Waals surface area contributed by atoms with E-state index in [1.54, 1.807) is 23.5 Å². The number of para-hydroxylation sites is 1. The average Bonchev–Trinajstić information content (AvgIpc) is 3.16. The number of nitrogens with zero attached hydrogens (tertiary/aromatic N) is 1. The average molecular weight is 381 g/mol. The van der Waals surface area contributed by atoms with Gasteiger partial charge in [-0.1, -0.05) is 29.8 Å². The Morgan fingerprint density at radius 1 is 1.28 bits per heavy atom. The fraction of sp³-hybridized carbons (Fsp3) is 0.389. The van der Waals surface area contributed by atoms with Crippen molar-refractivity contribution in [1.29, 1.82) is 0 Å². The van der Waals surface area contributed by atoms with Crippen LogP contribution in [-0.4, -0.2) is 50.3 Å². The van der Waals surface area contributed by atoms with Crippen LogP contribution in [-0.2, 0) is 9.53 Å². The van der Waals surface area contributed by atoms with Gasteiger partial charge in [0.15, 0.2) is 6.61 Å². The lowest BCUT2D eigenvalue weighted by atomic mass is 10.2. The maximum Gasteiger partial charge on any atom is 0.258 e. The van der Waals surface area contributed by atoms with E-state index in [2.05, 4.69) is 21.7 Å². The van der Waals surface area contributed by atoms with Crippen molar-refractivity contribution < 1.29 is 14.3 Å². The first-order chi connectivity index (χ1) is 12.2. The minimum absolute atomic E-state index is 0.0516. The molecule has 0 unspecified atom stereocenters. The van der Waals surface area contributed by atoms with Crippen molar-refractivity contribution in [1.82, 2.24) is 10.2 Å². The monoisotopic (exact) mass is 380 g/mol. The standard InChI is InChI=1S/C18H21ClN2O3S/c19-14-4-1-2-5-16(14)24-13-18(22)20-12-15(17-6-3-11-25-17)21-7-9-23-10-8-21/h1-6,11,15H,7-10,12-13H2,(H,20,22)/t15-/m1/s1. The van der Waals surface area contributed by atoms with E-state index in [1.165, 1.54) is 4.88 Å². The first-order valence-corrected chi connectivity index (χ1v) is 9.49. The Balaban J connectivity index is 1.53. The fourth-order valence-corrected chi connectivity index (χ4v) is 3.80. The molecule has 1 aliphatic heterocycles. The summed E-state index contributed by atoms with van der Waals surface area (Å²) in [4.78, 5) is 15.8. The molecule has 1 amide bonds. The molecule has 25 heavy (non-hydrogen) atoms. The largest absolute Gasteiger partial charge is 0.482 e. The Bertz CT molecular complexity index is 675. The van der Waals surface area contributed by atoms with E-state index in [0.717, 1.165) is 26.3 Å². The Morgan fingerprint density at radius 2 is 2.08 bits per heavy atom. The highest BCUT2D eigenvalue weighted by Crippen LogP contribution is 2.25. The van der Waals surface area contributed by atoms with Crippen LogP contribution in [0.3, 0.4) is 0 Å². The number of hydrogen-bond donors (Lipinski definition) is 1. The Kier molecular flexibility index (Phi) is 6.69. The summed E-state index contributed by atoms with van der Waals surface area (Å²) in [5.41, 5.74) is 0. The van der Waals surface area contributed by atoms with Gasteiger partial charge in [-0.25, -0.2) is 0 Å². The number of morpholine rings is 1. The first-order valence-electron chi connectivity index (χ1n) is 8.23. The third-order valence-corrected chi connectivity index (χ3v) is 5.33. The molecule has 0 radical (unpaired) electrons. The molecule has 0 bridgehead atoms. The van der Waals surface area contributed by atoms with Gasteiger partial charge in [-0.15, -0.1) is 11.3 Å². The van der Waals surface area contributed by atoms with Gasteiger partial charge < -0.3 is 14.8 Å². The molecule has 2 heterocycles. The maximum absolute atomic E-state index is 12.2. The minimum atomic E-state index is -0.158. The molecule has 5 nitrogen and oxygen atoms in total. The summed E-state index contributed by atoms with van der Waals surface area (Å²) >= 11 is 7.74. The highest BCUT2D eigenvalue weighted by Gasteiger charge is 2.24. The van der Waals surface area contributed by atoms with E-state index in [-0.39, 0.29) is 18.6 Å². The van der Waals surface area contributed by atoms with Crippen molar-refractivity contribution in [3.05, 3.63) is 51.7 Å². The van der Waals surface area contributed by atoms with Crippen molar-refractivity contribution >= 4 is 28.8 Å². The lowest BCUT2D eigenvalue weighted by Crippen LogP contribution is -2.44. The number of amides is 1. The molecule has 3 rings (SSSR count). The van der Waals surface area contributed by atoms with Crippen molar-refractivity contribution in [2.75, 3.05) is 39.5 Å². The summed E-state index contributed by atoms with van der Waals surface area (Å²) in [6, 6.07) is 11.4. The number of hydrogen-bond acceptors (Lipinski definition) is 5. The summed E-state index contributed by atoms with van der Waals surface area (Å²) in [6.45, 7) is 3.69. The molecule has 0 aliphatic carbocycles. The van der Waals surface area contributed by atoms with Crippen LogP contribution in [0.2, 0.25) is 5.02 Å². The van der Waals surface area contributed by atoms with Crippen LogP contribution in [0, 0.1) is 0 Å². The zero-order valence-corrected chi connectivity index (χ0v) is 15.4. The normalized spacial score (nSPS) is 16.4. The second-order valence-electron chi connectivity index (χ2n) is 5.70. The van der Waals surface area contributed by atoms with Gasteiger partial charge in [-0.3, -0.25) is 9.69 Å². The van der Waals surface area contributed by atoms with Crippen molar-refractivity contribution in [3.8, 4) is 5.75 Å². The van der Waals surface area contributed by atoms with Gasteiger partial charge in [0.25, 0.3) is 5.91 Å². The van der Waals surface area contributed by atoms with Gasteiger partial charge in [0.1, 0.15) is 5.75 Å². The van der Waals surface area contributed by atoms with Crippen molar-refractivity contribution in [2.45, 2.75) is 6.04 Å². The maximum atomic E-state index is 12.2. The lowest BCUT2D eigenvalue weighted by molar-refractivity contribution is -0.123. The lowest BCUT2D eigenvalue weighted by Gasteiger charge is -2.34. The number of thiophene rings is 1. The van der Waals surface area contributed by atoms with Crippen molar-refractivity contribution in [2.24, 2.45) is 0 Å². The van der Waals surface area contributed by atoms with Gasteiger partial charge in [0.2, 0.25) is 0 Å². The molecule has 1 atom stereocenters. The van der Waals surface area contributed by atoms with Gasteiger partial charge in [0, 0.05) is 24.5 Å². The summed E-state index contributed by atoms with van der Waals surface area (Å²) in [7, 11) is 0. The summed E-state index contributed by atoms with van der Waals surface area (Å²) in [5, 5.41) is 5.54. The Morgan fingerprint density at radius 3 is 2.80 bits per heavy atom. The van der Waals surface area contributed by atoms with E-state index < -0.39 is 0 Å². The third kappa shape index (κ3) is 5.19. The van der Waals surface area contributed by atoms with Gasteiger partial charge in [0.05, 0.1) is 24.3 Å². The topological polar surface area (TPSA) is 50.8 Å². The molecular weight excluding hydrogens is 360 g/mol. The van der Waals surface area contributed by atoms with E-state index in [9.17, 15) is 4.79 Å². The molecule has 1 N–H and O–H groups in total. The van der Waals surface area contributed by atoms with Crippen LogP contribution in [0.4, 0.5) is 0 Å². The molecule has 1 aromatic carbocycles. The number of ether oxygens (including phenoxy) is 2. The molecule has 1 aliphatic rings. The molecular formula is C18H21ClN2O3S. The number of nitrogens with one attached hydrogen (secondary N) is 1. The van der Waals surface area contributed by atoms with Crippen molar-refractivity contribution in [3.63, 3.8) is 0 Å².